The van der Waals surface area contributed by atoms with Crippen LogP contribution in [0.25, 0.3) is 11.0 Å². The number of primary sulfonamides is 1. The van der Waals surface area contributed by atoms with Crippen molar-refractivity contribution in [3.63, 3.8) is 0 Å². The van der Waals surface area contributed by atoms with Crippen molar-refractivity contribution in [2.24, 2.45) is 11.1 Å². The first-order valence-corrected chi connectivity index (χ1v) is 12.1. The molecule has 0 atom stereocenters. The van der Waals surface area contributed by atoms with Crippen molar-refractivity contribution in [3.8, 4) is 0 Å². The lowest BCUT2D eigenvalue weighted by Gasteiger charge is -2.14. The van der Waals surface area contributed by atoms with Crippen LogP contribution in [0.4, 0.5) is 5.82 Å². The Morgan fingerprint density at radius 2 is 1.72 bits per heavy atom. The average molecular weight is 450 g/mol. The predicted molar refractivity (Wildman–Crippen MR) is 127 cm³/mol. The highest BCUT2D eigenvalue weighted by Crippen LogP contribution is 2.22. The topological polar surface area (TPSA) is 114 Å². The van der Waals surface area contributed by atoms with Crippen LogP contribution in [-0.2, 0) is 29.4 Å². The Morgan fingerprint density at radius 3 is 2.41 bits per heavy atom. The van der Waals surface area contributed by atoms with E-state index in [0.29, 0.717) is 24.7 Å². The van der Waals surface area contributed by atoms with Gasteiger partial charge in [-0.15, -0.1) is 0 Å². The highest BCUT2D eigenvalue weighted by atomic mass is 32.2. The lowest BCUT2D eigenvalue weighted by molar-refractivity contribution is 0.598. The van der Waals surface area contributed by atoms with Crippen molar-refractivity contribution in [1.82, 2.24) is 15.0 Å². The van der Waals surface area contributed by atoms with Crippen molar-refractivity contribution in [1.29, 1.82) is 0 Å². The molecule has 0 spiro atoms. The summed E-state index contributed by atoms with van der Waals surface area (Å²) in [6.45, 7) is 5.11. The van der Waals surface area contributed by atoms with Crippen molar-refractivity contribution in [2.75, 3.05) is 5.32 Å². The third-order valence-corrected chi connectivity index (χ3v) is 6.19. The molecule has 7 nitrogen and oxygen atoms in total. The van der Waals surface area contributed by atoms with Crippen LogP contribution in [0, 0.1) is 5.92 Å². The molecule has 2 aromatic carbocycles. The molecule has 0 aliphatic heterocycles. The van der Waals surface area contributed by atoms with Crippen molar-refractivity contribution in [3.05, 3.63) is 83.3 Å². The fourth-order valence-corrected chi connectivity index (χ4v) is 4.24. The van der Waals surface area contributed by atoms with Crippen LogP contribution in [0.5, 0.6) is 0 Å². The number of nitrogens with one attached hydrogen (secondary N) is 2. The van der Waals surface area contributed by atoms with E-state index >= 15 is 0 Å². The third-order valence-electron chi connectivity index (χ3n) is 5.26. The Bertz CT molecular complexity index is 1330. The quantitative estimate of drug-likeness (QED) is 0.376. The van der Waals surface area contributed by atoms with Gasteiger partial charge in [-0.2, -0.15) is 0 Å². The maximum Gasteiger partial charge on any atom is 0.238 e. The van der Waals surface area contributed by atoms with Crippen LogP contribution in [0.15, 0.2) is 65.7 Å². The van der Waals surface area contributed by atoms with E-state index in [9.17, 15) is 8.42 Å². The zero-order valence-corrected chi connectivity index (χ0v) is 19.0. The van der Waals surface area contributed by atoms with E-state index in [1.165, 1.54) is 23.3 Å². The molecule has 4 N–H and O–H groups in total. The number of fused-ring (bicyclic) bond motifs is 1. The molecular weight excluding hydrogens is 422 g/mol. The van der Waals surface area contributed by atoms with E-state index in [1.807, 2.05) is 12.3 Å². The summed E-state index contributed by atoms with van der Waals surface area (Å²) < 4.78 is 23.0. The average Bonchev–Trinajstić information content (AvgIpc) is 3.21. The summed E-state index contributed by atoms with van der Waals surface area (Å²) >= 11 is 0. The molecule has 8 heteroatoms. The molecule has 0 aliphatic carbocycles. The van der Waals surface area contributed by atoms with Crippen LogP contribution in [-0.4, -0.2) is 23.4 Å². The maximum atomic E-state index is 11.5. The van der Waals surface area contributed by atoms with Crippen LogP contribution in [0.1, 0.15) is 36.4 Å². The molecule has 0 saturated carbocycles. The van der Waals surface area contributed by atoms with Crippen LogP contribution in [0.3, 0.4) is 0 Å². The summed E-state index contributed by atoms with van der Waals surface area (Å²) in [5.74, 6) is 1.98. The minimum Gasteiger partial charge on any atom is -0.364 e. The van der Waals surface area contributed by atoms with Crippen LogP contribution >= 0.6 is 0 Å². The van der Waals surface area contributed by atoms with E-state index in [2.05, 4.69) is 53.4 Å². The van der Waals surface area contributed by atoms with Gasteiger partial charge in [0.15, 0.2) is 5.82 Å². The molecule has 0 amide bonds. The molecule has 4 aromatic rings. The highest BCUT2D eigenvalue weighted by molar-refractivity contribution is 7.89. The molecule has 2 aromatic heterocycles. The fourth-order valence-electron chi connectivity index (χ4n) is 3.73. The lowest BCUT2D eigenvalue weighted by Crippen LogP contribution is -2.12. The van der Waals surface area contributed by atoms with E-state index in [4.69, 9.17) is 10.1 Å². The second-order valence-corrected chi connectivity index (χ2v) is 9.87. The minimum absolute atomic E-state index is 0.0886. The monoisotopic (exact) mass is 449 g/mol. The highest BCUT2D eigenvalue weighted by Gasteiger charge is 2.12. The Balaban J connectivity index is 1.58. The normalized spacial score (nSPS) is 11.9. The van der Waals surface area contributed by atoms with Gasteiger partial charge in [0.25, 0.3) is 0 Å². The summed E-state index contributed by atoms with van der Waals surface area (Å²) in [6.07, 6.45) is 3.35. The number of aromatic amines is 1. The second-order valence-electron chi connectivity index (χ2n) is 8.31. The molecule has 32 heavy (non-hydrogen) atoms. The Hall–Kier alpha value is -3.23. The van der Waals surface area contributed by atoms with Crippen LogP contribution < -0.4 is 10.5 Å². The molecule has 0 bridgehead atoms. The molecule has 0 fully saturated rings. The standard InChI is InChI=1S/C24H27N5O2S/c1-16(2)13-18-5-3-4-6-19(18)15-27-24-23-21(11-12-26-23)28-22(29-24)14-17-7-9-20(10-8-17)32(25,30)31/h3-12,16,26H,13-15H2,1-2H3,(H2,25,30,31)(H,27,28,29). The van der Waals surface area contributed by atoms with Gasteiger partial charge in [0.05, 0.1) is 10.4 Å². The second kappa shape index (κ2) is 9.10. The van der Waals surface area contributed by atoms with Crippen molar-refractivity contribution >= 4 is 26.9 Å². The van der Waals surface area contributed by atoms with Crippen LogP contribution in [0.2, 0.25) is 0 Å². The lowest BCUT2D eigenvalue weighted by atomic mass is 9.98. The number of sulfonamides is 1. The summed E-state index contributed by atoms with van der Waals surface area (Å²) in [5, 5.41) is 8.66. The van der Waals surface area contributed by atoms with Gasteiger partial charge in [0.2, 0.25) is 10.0 Å². The van der Waals surface area contributed by atoms with Crippen molar-refractivity contribution in [2.45, 2.75) is 38.1 Å². The van der Waals surface area contributed by atoms with E-state index < -0.39 is 10.0 Å². The molecule has 0 saturated heterocycles. The smallest absolute Gasteiger partial charge is 0.238 e. The van der Waals surface area contributed by atoms with E-state index in [-0.39, 0.29) is 4.90 Å². The first-order chi connectivity index (χ1) is 15.3. The molecule has 2 heterocycles. The van der Waals surface area contributed by atoms with E-state index in [1.54, 1.807) is 12.1 Å². The van der Waals surface area contributed by atoms with Gasteiger partial charge in [-0.25, -0.2) is 23.5 Å². The van der Waals surface area contributed by atoms with Crippen molar-refractivity contribution < 1.29 is 8.42 Å². The first-order valence-electron chi connectivity index (χ1n) is 10.6. The zero-order chi connectivity index (χ0) is 22.7. The summed E-state index contributed by atoms with van der Waals surface area (Å²) in [4.78, 5) is 12.7. The number of hydrogen-bond donors (Lipinski definition) is 3. The minimum atomic E-state index is -3.71. The molecule has 0 unspecified atom stereocenters. The number of anilines is 1. The zero-order valence-electron chi connectivity index (χ0n) is 18.2. The first kappa shape index (κ1) is 22.0. The number of nitrogens with zero attached hydrogens (tertiary/aromatic N) is 2. The van der Waals surface area contributed by atoms with Gasteiger partial charge in [0.1, 0.15) is 11.3 Å². The van der Waals surface area contributed by atoms with Gasteiger partial charge < -0.3 is 10.3 Å². The molecule has 166 valence electrons. The number of rotatable bonds is 8. The van der Waals surface area contributed by atoms with Gasteiger partial charge in [-0.1, -0.05) is 50.2 Å². The fraction of sp³-hybridized carbons (Fsp3) is 0.250. The van der Waals surface area contributed by atoms with Gasteiger partial charge >= 0.3 is 0 Å². The SMILES string of the molecule is CC(C)Cc1ccccc1CNc1nc(Cc2ccc(S(N)(=O)=O)cc2)nc2cc[nH]c12. The van der Waals surface area contributed by atoms with E-state index in [0.717, 1.165) is 28.8 Å². The number of benzene rings is 2. The largest absolute Gasteiger partial charge is 0.364 e. The Morgan fingerprint density at radius 1 is 1.00 bits per heavy atom. The molecular formula is C24H27N5O2S. The molecule has 0 radical (unpaired) electrons. The number of H-pyrrole nitrogens is 1. The molecule has 4 rings (SSSR count). The third kappa shape index (κ3) is 5.15. The molecule has 0 aliphatic rings. The Labute approximate surface area is 188 Å². The maximum absolute atomic E-state index is 11.5. The van der Waals surface area contributed by atoms with Gasteiger partial charge in [0, 0.05) is 19.2 Å². The number of hydrogen-bond acceptors (Lipinski definition) is 5. The Kier molecular flexibility index (Phi) is 6.25. The predicted octanol–water partition coefficient (Wildman–Crippen LogP) is 4.01. The summed E-state index contributed by atoms with van der Waals surface area (Å²) in [6, 6.07) is 16.9. The van der Waals surface area contributed by atoms with Gasteiger partial charge in [-0.3, -0.25) is 0 Å². The number of aromatic nitrogens is 3. The summed E-state index contributed by atoms with van der Waals surface area (Å²) in [5.41, 5.74) is 5.18. The number of nitrogens with two attached hydrogens (primary N) is 1. The summed E-state index contributed by atoms with van der Waals surface area (Å²) in [7, 11) is -3.71. The van der Waals surface area contributed by atoms with Gasteiger partial charge in [-0.05, 0) is 47.2 Å².